The lowest BCUT2D eigenvalue weighted by Crippen LogP contribution is -2.45. The number of halogens is 1. The Bertz CT molecular complexity index is 481. The highest BCUT2D eigenvalue weighted by Gasteiger charge is 2.17. The molecular weight excluding hydrogens is 316 g/mol. The van der Waals surface area contributed by atoms with Gasteiger partial charge in [0.15, 0.2) is 9.84 Å². The van der Waals surface area contributed by atoms with E-state index in [-0.39, 0.29) is 5.75 Å². The van der Waals surface area contributed by atoms with Crippen molar-refractivity contribution in [1.29, 1.82) is 0 Å². The smallest absolute Gasteiger partial charge is 0.179 e. The van der Waals surface area contributed by atoms with Gasteiger partial charge in [0, 0.05) is 37.2 Å². The normalized spacial score (nSPS) is 17.8. The Kier molecular flexibility index (Phi) is 4.77. The summed E-state index contributed by atoms with van der Waals surface area (Å²) >= 11 is 3.30. The third kappa shape index (κ3) is 3.78. The topological polar surface area (TPSA) is 49.4 Å². The lowest BCUT2D eigenvalue weighted by atomic mass is 10.4. The van der Waals surface area contributed by atoms with E-state index in [2.05, 4.69) is 26.1 Å². The van der Waals surface area contributed by atoms with E-state index in [1.165, 1.54) is 0 Å². The summed E-state index contributed by atoms with van der Waals surface area (Å²) < 4.78 is 25.1. The maximum Gasteiger partial charge on any atom is 0.179 e. The number of nitrogens with zero attached hydrogens (tertiary/aromatic N) is 1. The van der Waals surface area contributed by atoms with Crippen molar-refractivity contribution >= 4 is 25.8 Å². The van der Waals surface area contributed by atoms with Crippen LogP contribution in [0.4, 0.5) is 0 Å². The van der Waals surface area contributed by atoms with E-state index in [1.54, 1.807) is 24.3 Å². The van der Waals surface area contributed by atoms with Gasteiger partial charge in [-0.25, -0.2) is 8.42 Å². The molecule has 1 N–H and O–H groups in total. The molecule has 1 aromatic carbocycles. The minimum atomic E-state index is -3.16. The van der Waals surface area contributed by atoms with Crippen LogP contribution in [0.2, 0.25) is 0 Å². The quantitative estimate of drug-likeness (QED) is 0.897. The highest BCUT2D eigenvalue weighted by Crippen LogP contribution is 2.16. The molecule has 0 aliphatic carbocycles. The van der Waals surface area contributed by atoms with Crippen LogP contribution in [0.5, 0.6) is 0 Å². The zero-order valence-electron chi connectivity index (χ0n) is 10.1. The SMILES string of the molecule is O=S(=O)(CCN1CCNCC1)c1ccc(Br)cc1. The van der Waals surface area contributed by atoms with Crippen molar-refractivity contribution in [2.24, 2.45) is 0 Å². The second-order valence-electron chi connectivity index (χ2n) is 4.36. The van der Waals surface area contributed by atoms with Crippen LogP contribution in [0.1, 0.15) is 0 Å². The first-order valence-electron chi connectivity index (χ1n) is 5.99. The summed E-state index contributed by atoms with van der Waals surface area (Å²) in [6.45, 7) is 4.35. The zero-order chi connectivity index (χ0) is 13.0. The Balaban J connectivity index is 1.96. The summed E-state index contributed by atoms with van der Waals surface area (Å²) in [6.07, 6.45) is 0. The molecule has 1 fully saturated rings. The molecule has 1 heterocycles. The van der Waals surface area contributed by atoms with Gasteiger partial charge in [0.1, 0.15) is 0 Å². The van der Waals surface area contributed by atoms with Crippen molar-refractivity contribution in [2.45, 2.75) is 4.90 Å². The summed E-state index contributed by atoms with van der Waals surface area (Å²) in [5.74, 6) is 0.189. The second kappa shape index (κ2) is 6.14. The molecule has 0 aromatic heterocycles. The lowest BCUT2D eigenvalue weighted by molar-refractivity contribution is 0.254. The lowest BCUT2D eigenvalue weighted by Gasteiger charge is -2.26. The molecule has 0 radical (unpaired) electrons. The highest BCUT2D eigenvalue weighted by atomic mass is 79.9. The number of sulfone groups is 1. The molecule has 0 atom stereocenters. The predicted molar refractivity (Wildman–Crippen MR) is 75.5 cm³/mol. The molecule has 0 spiro atoms. The van der Waals surface area contributed by atoms with Gasteiger partial charge in [-0.2, -0.15) is 0 Å². The summed E-state index contributed by atoms with van der Waals surface area (Å²) in [4.78, 5) is 2.59. The third-order valence-corrected chi connectivity index (χ3v) is 5.30. The molecular formula is C12H17BrN2O2S. The minimum absolute atomic E-state index is 0.189. The highest BCUT2D eigenvalue weighted by molar-refractivity contribution is 9.10. The number of benzene rings is 1. The molecule has 0 unspecified atom stereocenters. The molecule has 2 rings (SSSR count). The van der Waals surface area contributed by atoms with Gasteiger partial charge in [-0.3, -0.25) is 4.90 Å². The van der Waals surface area contributed by atoms with Crippen molar-refractivity contribution < 1.29 is 8.42 Å². The summed E-state index contributed by atoms with van der Waals surface area (Å²) in [6, 6.07) is 6.82. The first-order chi connectivity index (χ1) is 8.58. The largest absolute Gasteiger partial charge is 0.314 e. The Morgan fingerprint density at radius 3 is 2.39 bits per heavy atom. The number of rotatable bonds is 4. The molecule has 100 valence electrons. The Hall–Kier alpha value is -0.430. The molecule has 18 heavy (non-hydrogen) atoms. The van der Waals surface area contributed by atoms with E-state index in [9.17, 15) is 8.42 Å². The average molecular weight is 333 g/mol. The van der Waals surface area contributed by atoms with Crippen LogP contribution in [0.25, 0.3) is 0 Å². The summed E-state index contributed by atoms with van der Waals surface area (Å²) in [7, 11) is -3.16. The van der Waals surface area contributed by atoms with E-state index in [4.69, 9.17) is 0 Å². The van der Waals surface area contributed by atoms with Crippen molar-refractivity contribution in [2.75, 3.05) is 38.5 Å². The van der Waals surface area contributed by atoms with Crippen LogP contribution >= 0.6 is 15.9 Å². The standard InChI is InChI=1S/C12H17BrN2O2S/c13-11-1-3-12(4-2-11)18(16,17)10-9-15-7-5-14-6-8-15/h1-4,14H,5-10H2. The fourth-order valence-corrected chi connectivity index (χ4v) is 3.49. The van der Waals surface area contributed by atoms with Crippen molar-refractivity contribution in [1.82, 2.24) is 10.2 Å². The van der Waals surface area contributed by atoms with Crippen molar-refractivity contribution in [3.8, 4) is 0 Å². The molecule has 6 heteroatoms. The van der Waals surface area contributed by atoms with Gasteiger partial charge >= 0.3 is 0 Å². The van der Waals surface area contributed by atoms with Crippen molar-refractivity contribution in [3.05, 3.63) is 28.7 Å². The minimum Gasteiger partial charge on any atom is -0.314 e. The van der Waals surface area contributed by atoms with Gasteiger partial charge in [-0.1, -0.05) is 15.9 Å². The summed E-state index contributed by atoms with van der Waals surface area (Å²) in [5, 5.41) is 3.25. The first-order valence-corrected chi connectivity index (χ1v) is 8.44. The van der Waals surface area contributed by atoms with Gasteiger partial charge in [0.25, 0.3) is 0 Å². The zero-order valence-corrected chi connectivity index (χ0v) is 12.5. The second-order valence-corrected chi connectivity index (χ2v) is 7.39. The fraction of sp³-hybridized carbons (Fsp3) is 0.500. The van der Waals surface area contributed by atoms with E-state index in [0.29, 0.717) is 11.4 Å². The van der Waals surface area contributed by atoms with Gasteiger partial charge in [-0.05, 0) is 24.3 Å². The van der Waals surface area contributed by atoms with Crippen LogP contribution in [0.3, 0.4) is 0 Å². The van der Waals surface area contributed by atoms with E-state index in [0.717, 1.165) is 30.7 Å². The summed E-state index contributed by atoms with van der Waals surface area (Å²) in [5.41, 5.74) is 0. The van der Waals surface area contributed by atoms with E-state index >= 15 is 0 Å². The molecule has 4 nitrogen and oxygen atoms in total. The molecule has 1 saturated heterocycles. The predicted octanol–water partition coefficient (Wildman–Crippen LogP) is 1.13. The van der Waals surface area contributed by atoms with Gasteiger partial charge in [-0.15, -0.1) is 0 Å². The molecule has 0 bridgehead atoms. The van der Waals surface area contributed by atoms with Crippen molar-refractivity contribution in [3.63, 3.8) is 0 Å². The monoisotopic (exact) mass is 332 g/mol. The van der Waals surface area contributed by atoms with Crippen LogP contribution in [-0.2, 0) is 9.84 Å². The van der Waals surface area contributed by atoms with E-state index in [1.807, 2.05) is 0 Å². The fourth-order valence-electron chi connectivity index (χ4n) is 1.94. The van der Waals surface area contributed by atoms with E-state index < -0.39 is 9.84 Å². The maximum atomic E-state index is 12.1. The third-order valence-electron chi connectivity index (χ3n) is 3.06. The molecule has 0 saturated carbocycles. The Morgan fingerprint density at radius 2 is 1.78 bits per heavy atom. The maximum absolute atomic E-state index is 12.1. The van der Waals surface area contributed by atoms with Crippen LogP contribution in [0.15, 0.2) is 33.6 Å². The van der Waals surface area contributed by atoms with Gasteiger partial charge in [0.05, 0.1) is 10.6 Å². The first kappa shape index (κ1) is 14.0. The Morgan fingerprint density at radius 1 is 1.17 bits per heavy atom. The molecule has 0 amide bonds. The average Bonchev–Trinajstić information content (AvgIpc) is 2.38. The number of nitrogens with one attached hydrogen (secondary N) is 1. The number of hydrogen-bond acceptors (Lipinski definition) is 4. The number of hydrogen-bond donors (Lipinski definition) is 1. The van der Waals surface area contributed by atoms with Gasteiger partial charge < -0.3 is 5.32 Å². The molecule has 1 aromatic rings. The molecule has 1 aliphatic heterocycles. The Labute approximate surface area is 116 Å². The van der Waals surface area contributed by atoms with Crippen LogP contribution < -0.4 is 5.32 Å². The van der Waals surface area contributed by atoms with Crippen LogP contribution in [0, 0.1) is 0 Å². The molecule has 1 aliphatic rings. The number of piperazine rings is 1. The van der Waals surface area contributed by atoms with Gasteiger partial charge in [0.2, 0.25) is 0 Å². The van der Waals surface area contributed by atoms with Crippen LogP contribution in [-0.4, -0.2) is 51.8 Å².